The van der Waals surface area contributed by atoms with Crippen LogP contribution in [0.1, 0.15) is 50.8 Å². The number of hydrogen-bond donors (Lipinski definition) is 1. The Kier molecular flexibility index (Phi) is 5.01. The molecule has 4 heteroatoms. The fourth-order valence-corrected chi connectivity index (χ4v) is 3.56. The zero-order valence-electron chi connectivity index (χ0n) is 11.6. The van der Waals surface area contributed by atoms with Gasteiger partial charge in [-0.05, 0) is 31.7 Å². The zero-order valence-corrected chi connectivity index (χ0v) is 12.4. The molecular weight excluding hydrogens is 242 g/mol. The van der Waals surface area contributed by atoms with Gasteiger partial charge in [-0.3, -0.25) is 4.90 Å². The van der Waals surface area contributed by atoms with Crippen molar-refractivity contribution >= 4 is 16.5 Å². The second-order valence-electron chi connectivity index (χ2n) is 5.77. The molecule has 1 atom stereocenters. The summed E-state index contributed by atoms with van der Waals surface area (Å²) in [5.41, 5.74) is 5.72. The molecule has 1 aromatic heterocycles. The lowest BCUT2D eigenvalue weighted by Crippen LogP contribution is -2.35. The summed E-state index contributed by atoms with van der Waals surface area (Å²) < 4.78 is 0. The Morgan fingerprint density at radius 1 is 1.44 bits per heavy atom. The van der Waals surface area contributed by atoms with Gasteiger partial charge in [0.15, 0.2) is 5.13 Å². The first kappa shape index (κ1) is 13.8. The summed E-state index contributed by atoms with van der Waals surface area (Å²) >= 11 is 1.63. The molecule has 0 spiro atoms. The van der Waals surface area contributed by atoms with E-state index in [1.807, 2.05) is 6.20 Å². The maximum atomic E-state index is 5.72. The molecule has 1 saturated heterocycles. The van der Waals surface area contributed by atoms with E-state index in [1.165, 1.54) is 43.5 Å². The van der Waals surface area contributed by atoms with Gasteiger partial charge in [0.2, 0.25) is 0 Å². The molecule has 2 heterocycles. The second kappa shape index (κ2) is 6.53. The molecule has 0 aromatic carbocycles. The van der Waals surface area contributed by atoms with Crippen LogP contribution in [-0.4, -0.2) is 22.5 Å². The van der Waals surface area contributed by atoms with Crippen LogP contribution in [0, 0.1) is 5.92 Å². The summed E-state index contributed by atoms with van der Waals surface area (Å²) in [5, 5.41) is 0.695. The number of aromatic nitrogens is 1. The van der Waals surface area contributed by atoms with E-state index in [0.29, 0.717) is 5.13 Å². The monoisotopic (exact) mass is 267 g/mol. The molecule has 0 amide bonds. The van der Waals surface area contributed by atoms with Crippen molar-refractivity contribution in [1.82, 2.24) is 9.88 Å². The Labute approximate surface area is 114 Å². The fourth-order valence-electron chi connectivity index (χ4n) is 2.85. The number of anilines is 1. The molecule has 102 valence electrons. The number of nitrogens with zero attached hydrogens (tertiary/aromatic N) is 2. The molecule has 0 radical (unpaired) electrons. The number of nitrogens with two attached hydrogens (primary N) is 1. The third-order valence-electron chi connectivity index (χ3n) is 3.67. The van der Waals surface area contributed by atoms with Crippen LogP contribution in [0.2, 0.25) is 0 Å². The summed E-state index contributed by atoms with van der Waals surface area (Å²) in [5.74, 6) is 0.780. The van der Waals surface area contributed by atoms with Crippen LogP contribution in [0.5, 0.6) is 0 Å². The van der Waals surface area contributed by atoms with Gasteiger partial charge < -0.3 is 5.73 Å². The highest BCUT2D eigenvalue weighted by Crippen LogP contribution is 2.25. The Bertz CT molecular complexity index is 362. The van der Waals surface area contributed by atoms with E-state index < -0.39 is 0 Å². The third-order valence-corrected chi connectivity index (χ3v) is 4.48. The SMILES string of the molecule is CC(C)CC1CCCCCN1Cc1cnc(N)s1. The molecule has 3 nitrogen and oxygen atoms in total. The summed E-state index contributed by atoms with van der Waals surface area (Å²) in [6.07, 6.45) is 8.72. The predicted octanol–water partition coefficient (Wildman–Crippen LogP) is 3.52. The highest BCUT2D eigenvalue weighted by atomic mass is 32.1. The number of hydrogen-bond acceptors (Lipinski definition) is 4. The van der Waals surface area contributed by atoms with Crippen LogP contribution in [0.4, 0.5) is 5.13 Å². The minimum Gasteiger partial charge on any atom is -0.375 e. The van der Waals surface area contributed by atoms with E-state index in [0.717, 1.165) is 18.5 Å². The maximum Gasteiger partial charge on any atom is 0.180 e. The number of rotatable bonds is 4. The fraction of sp³-hybridized carbons (Fsp3) is 0.786. The van der Waals surface area contributed by atoms with E-state index >= 15 is 0 Å². The van der Waals surface area contributed by atoms with Crippen LogP contribution in [-0.2, 0) is 6.54 Å². The van der Waals surface area contributed by atoms with Crippen molar-refractivity contribution in [3.8, 4) is 0 Å². The van der Waals surface area contributed by atoms with Crippen LogP contribution in [0.25, 0.3) is 0 Å². The average molecular weight is 267 g/mol. The molecule has 1 unspecified atom stereocenters. The van der Waals surface area contributed by atoms with Gasteiger partial charge in [-0.15, -0.1) is 11.3 Å². The quantitative estimate of drug-likeness (QED) is 0.907. The number of nitrogen functional groups attached to an aromatic ring is 1. The van der Waals surface area contributed by atoms with Crippen molar-refractivity contribution in [3.63, 3.8) is 0 Å². The Balaban J connectivity index is 2.00. The average Bonchev–Trinajstić information content (AvgIpc) is 2.58. The van der Waals surface area contributed by atoms with Gasteiger partial charge >= 0.3 is 0 Å². The standard InChI is InChI=1S/C14H25N3S/c1-11(2)8-12-6-4-3-5-7-17(12)10-13-9-16-14(15)18-13/h9,11-12H,3-8,10H2,1-2H3,(H2,15,16). The molecular formula is C14H25N3S. The van der Waals surface area contributed by atoms with E-state index in [9.17, 15) is 0 Å². The van der Waals surface area contributed by atoms with Crippen LogP contribution in [0.3, 0.4) is 0 Å². The van der Waals surface area contributed by atoms with Crippen LogP contribution in [0.15, 0.2) is 6.20 Å². The minimum atomic E-state index is 0.695. The molecule has 18 heavy (non-hydrogen) atoms. The molecule has 1 fully saturated rings. The molecule has 1 aliphatic rings. The molecule has 0 bridgehead atoms. The normalized spacial score (nSPS) is 22.3. The first-order chi connectivity index (χ1) is 8.65. The highest BCUT2D eigenvalue weighted by Gasteiger charge is 2.22. The van der Waals surface area contributed by atoms with Gasteiger partial charge in [-0.25, -0.2) is 4.98 Å². The Hall–Kier alpha value is -0.610. The number of thiazole rings is 1. The molecule has 0 saturated carbocycles. The van der Waals surface area contributed by atoms with Gasteiger partial charge in [0.05, 0.1) is 0 Å². The highest BCUT2D eigenvalue weighted by molar-refractivity contribution is 7.15. The summed E-state index contributed by atoms with van der Waals surface area (Å²) in [7, 11) is 0. The van der Waals surface area contributed by atoms with Crippen molar-refractivity contribution in [2.75, 3.05) is 12.3 Å². The van der Waals surface area contributed by atoms with Gasteiger partial charge in [-0.1, -0.05) is 26.7 Å². The lowest BCUT2D eigenvalue weighted by atomic mass is 9.99. The molecule has 2 rings (SSSR count). The van der Waals surface area contributed by atoms with Crippen LogP contribution < -0.4 is 5.73 Å². The van der Waals surface area contributed by atoms with E-state index in [4.69, 9.17) is 5.73 Å². The number of likely N-dealkylation sites (tertiary alicyclic amines) is 1. The first-order valence-electron chi connectivity index (χ1n) is 7.09. The maximum absolute atomic E-state index is 5.72. The Morgan fingerprint density at radius 3 is 2.94 bits per heavy atom. The van der Waals surface area contributed by atoms with E-state index in [1.54, 1.807) is 11.3 Å². The molecule has 0 aliphatic carbocycles. The van der Waals surface area contributed by atoms with Crippen molar-refractivity contribution in [1.29, 1.82) is 0 Å². The second-order valence-corrected chi connectivity index (χ2v) is 6.91. The van der Waals surface area contributed by atoms with Crippen molar-refractivity contribution in [3.05, 3.63) is 11.1 Å². The van der Waals surface area contributed by atoms with Gasteiger partial charge in [0.1, 0.15) is 0 Å². The summed E-state index contributed by atoms with van der Waals surface area (Å²) in [6, 6.07) is 0.746. The van der Waals surface area contributed by atoms with Gasteiger partial charge in [-0.2, -0.15) is 0 Å². The van der Waals surface area contributed by atoms with Gasteiger partial charge in [0.25, 0.3) is 0 Å². The largest absolute Gasteiger partial charge is 0.375 e. The van der Waals surface area contributed by atoms with Crippen LogP contribution >= 0.6 is 11.3 Å². The van der Waals surface area contributed by atoms with E-state index in [2.05, 4.69) is 23.7 Å². The van der Waals surface area contributed by atoms with Gasteiger partial charge in [0, 0.05) is 23.7 Å². The minimum absolute atomic E-state index is 0.695. The topological polar surface area (TPSA) is 42.2 Å². The third kappa shape index (κ3) is 3.95. The van der Waals surface area contributed by atoms with E-state index in [-0.39, 0.29) is 0 Å². The summed E-state index contributed by atoms with van der Waals surface area (Å²) in [4.78, 5) is 8.12. The molecule has 1 aliphatic heterocycles. The first-order valence-corrected chi connectivity index (χ1v) is 7.91. The predicted molar refractivity (Wildman–Crippen MR) is 78.6 cm³/mol. The Morgan fingerprint density at radius 2 is 2.28 bits per heavy atom. The zero-order chi connectivity index (χ0) is 13.0. The van der Waals surface area contributed by atoms with Crippen molar-refractivity contribution in [2.24, 2.45) is 5.92 Å². The van der Waals surface area contributed by atoms with Crippen molar-refractivity contribution < 1.29 is 0 Å². The molecule has 1 aromatic rings. The van der Waals surface area contributed by atoms with Crippen molar-refractivity contribution in [2.45, 2.75) is 58.5 Å². The lowest BCUT2D eigenvalue weighted by Gasteiger charge is -2.30. The summed E-state index contributed by atoms with van der Waals surface area (Å²) in [6.45, 7) is 6.92. The smallest absolute Gasteiger partial charge is 0.180 e. The molecule has 2 N–H and O–H groups in total. The lowest BCUT2D eigenvalue weighted by molar-refractivity contribution is 0.169.